The Labute approximate surface area is 178 Å². The summed E-state index contributed by atoms with van der Waals surface area (Å²) < 4.78 is 14.3. The number of halogens is 1. The normalized spacial score (nSPS) is 23.5. The van der Waals surface area contributed by atoms with Gasteiger partial charge in [-0.25, -0.2) is 9.98 Å². The molecule has 3 heterocycles. The average Bonchev–Trinajstić information content (AvgIpc) is 3.34. The molecule has 0 saturated heterocycles. The molecule has 2 aliphatic heterocycles. The molecule has 0 saturated carbocycles. The Hall–Kier alpha value is -3.00. The van der Waals surface area contributed by atoms with E-state index < -0.39 is 11.5 Å². The van der Waals surface area contributed by atoms with Crippen molar-refractivity contribution in [2.45, 2.75) is 30.6 Å². The van der Waals surface area contributed by atoms with Crippen LogP contribution in [0.5, 0.6) is 0 Å². The van der Waals surface area contributed by atoms with Gasteiger partial charge < -0.3 is 5.73 Å². The number of Topliss-reactive ketones (excluding diaryl/α,β-unsaturated/α-hetero) is 1. The number of likely N-dealkylation sites (N-methyl/N-ethyl adjacent to an activating group) is 1. The molecular formula is C22H21FN4O2S. The van der Waals surface area contributed by atoms with Crippen molar-refractivity contribution in [1.29, 1.82) is 0 Å². The van der Waals surface area contributed by atoms with Crippen molar-refractivity contribution in [2.24, 2.45) is 10.7 Å². The van der Waals surface area contributed by atoms with Crippen LogP contribution in [0.3, 0.4) is 0 Å². The molecule has 1 aromatic heterocycles. The smallest absolute Gasteiger partial charge is 0.266 e. The van der Waals surface area contributed by atoms with E-state index in [9.17, 15) is 14.0 Å². The maximum atomic E-state index is 14.3. The molecule has 4 rings (SSSR count). The highest BCUT2D eigenvalue weighted by Gasteiger charge is 2.52. The van der Waals surface area contributed by atoms with Gasteiger partial charge in [-0.15, -0.1) is 11.8 Å². The largest absolute Gasteiger partial charge is 0.369 e. The van der Waals surface area contributed by atoms with Crippen molar-refractivity contribution in [3.05, 3.63) is 65.1 Å². The SMILES string of the molecule is CCC(=O)C1CC(C2(c3cccc(-c4cccnc4F)c3)N=C(N)N(C)C2=O)=CS1. The fourth-order valence-corrected chi connectivity index (χ4v) is 5.04. The number of guanidine groups is 1. The number of hydrogen-bond acceptors (Lipinski definition) is 6. The van der Waals surface area contributed by atoms with E-state index in [2.05, 4.69) is 9.98 Å². The van der Waals surface area contributed by atoms with Crippen LogP contribution in [0.2, 0.25) is 0 Å². The lowest BCUT2D eigenvalue weighted by atomic mass is 9.80. The third-order valence-electron chi connectivity index (χ3n) is 5.54. The highest BCUT2D eigenvalue weighted by Crippen LogP contribution is 2.47. The third kappa shape index (κ3) is 3.11. The topological polar surface area (TPSA) is 88.7 Å². The first-order valence-electron chi connectivity index (χ1n) is 9.61. The van der Waals surface area contributed by atoms with E-state index in [0.29, 0.717) is 29.5 Å². The van der Waals surface area contributed by atoms with Gasteiger partial charge in [-0.1, -0.05) is 25.1 Å². The lowest BCUT2D eigenvalue weighted by molar-refractivity contribution is -0.129. The summed E-state index contributed by atoms with van der Waals surface area (Å²) in [4.78, 5) is 35.2. The van der Waals surface area contributed by atoms with Gasteiger partial charge in [-0.05, 0) is 46.7 Å². The molecule has 2 atom stereocenters. The number of carbonyl (C=O) groups excluding carboxylic acids is 2. The molecule has 0 fully saturated rings. The molecule has 8 heteroatoms. The summed E-state index contributed by atoms with van der Waals surface area (Å²) >= 11 is 1.41. The number of nitrogens with two attached hydrogens (primary N) is 1. The van der Waals surface area contributed by atoms with Gasteiger partial charge in [0.25, 0.3) is 5.91 Å². The van der Waals surface area contributed by atoms with Crippen LogP contribution in [0.15, 0.2) is 58.6 Å². The molecule has 0 aliphatic carbocycles. The Bertz CT molecular complexity index is 1100. The van der Waals surface area contributed by atoms with Crippen LogP contribution in [0.4, 0.5) is 4.39 Å². The van der Waals surface area contributed by atoms with E-state index in [4.69, 9.17) is 5.73 Å². The van der Waals surface area contributed by atoms with Crippen LogP contribution >= 0.6 is 11.8 Å². The molecule has 30 heavy (non-hydrogen) atoms. The Morgan fingerprint density at radius 3 is 2.83 bits per heavy atom. The second kappa shape index (κ2) is 7.68. The van der Waals surface area contributed by atoms with Gasteiger partial charge in [0.15, 0.2) is 11.5 Å². The van der Waals surface area contributed by atoms with E-state index in [1.54, 1.807) is 43.4 Å². The van der Waals surface area contributed by atoms with Gasteiger partial charge in [0, 0.05) is 25.2 Å². The summed E-state index contributed by atoms with van der Waals surface area (Å²) in [5.74, 6) is -0.649. The van der Waals surface area contributed by atoms with Gasteiger partial charge in [0.1, 0.15) is 5.78 Å². The van der Waals surface area contributed by atoms with Gasteiger partial charge in [-0.2, -0.15) is 4.39 Å². The fourth-order valence-electron chi connectivity index (χ4n) is 3.85. The van der Waals surface area contributed by atoms with Crippen LogP contribution in [-0.2, 0) is 15.1 Å². The van der Waals surface area contributed by atoms with Gasteiger partial charge in [-0.3, -0.25) is 14.5 Å². The molecule has 6 nitrogen and oxygen atoms in total. The lowest BCUT2D eigenvalue weighted by Crippen LogP contribution is -2.41. The number of aliphatic imine (C=N–C) groups is 1. The van der Waals surface area contributed by atoms with Gasteiger partial charge in [0.2, 0.25) is 5.95 Å². The third-order valence-corrected chi connectivity index (χ3v) is 6.72. The Kier molecular flexibility index (Phi) is 5.19. The molecule has 2 unspecified atom stereocenters. The lowest BCUT2D eigenvalue weighted by Gasteiger charge is -2.27. The zero-order valence-corrected chi connectivity index (χ0v) is 17.4. The van der Waals surface area contributed by atoms with E-state index in [1.807, 2.05) is 12.3 Å². The monoisotopic (exact) mass is 424 g/mol. The number of carbonyl (C=O) groups is 2. The number of benzene rings is 1. The summed E-state index contributed by atoms with van der Waals surface area (Å²) in [6.07, 6.45) is 2.23. The molecule has 1 aromatic carbocycles. The number of nitrogens with zero attached hydrogens (tertiary/aromatic N) is 3. The second-order valence-electron chi connectivity index (χ2n) is 7.26. The number of amides is 1. The predicted molar refractivity (Wildman–Crippen MR) is 115 cm³/mol. The minimum absolute atomic E-state index is 0.106. The first kappa shape index (κ1) is 20.3. The standard InChI is InChI=1S/C22H21FN4O2S/c1-3-17(28)18-11-15(12-30-18)22(20(29)27(2)21(24)26-22)14-7-4-6-13(10-14)16-8-5-9-25-19(16)23/h4-10,12,18H,3,11H2,1-2H3,(H2,24,26). The zero-order valence-electron chi connectivity index (χ0n) is 16.6. The Balaban J connectivity index is 1.84. The first-order valence-corrected chi connectivity index (χ1v) is 10.6. The van der Waals surface area contributed by atoms with Crippen molar-refractivity contribution >= 4 is 29.4 Å². The summed E-state index contributed by atoms with van der Waals surface area (Å²) in [5, 5.41) is 1.61. The van der Waals surface area contributed by atoms with Crippen molar-refractivity contribution in [1.82, 2.24) is 9.88 Å². The van der Waals surface area contributed by atoms with Crippen molar-refractivity contribution in [3.8, 4) is 11.1 Å². The first-order chi connectivity index (χ1) is 14.4. The summed E-state index contributed by atoms with van der Waals surface area (Å²) in [5.41, 5.74) is 6.89. The highest BCUT2D eigenvalue weighted by molar-refractivity contribution is 8.03. The molecule has 1 amide bonds. The van der Waals surface area contributed by atoms with Crippen LogP contribution in [0.1, 0.15) is 25.3 Å². The number of rotatable bonds is 5. The average molecular weight is 425 g/mol. The van der Waals surface area contributed by atoms with E-state index in [-0.39, 0.29) is 22.9 Å². The summed E-state index contributed by atoms with van der Waals surface area (Å²) in [6.45, 7) is 1.83. The van der Waals surface area contributed by atoms with Crippen LogP contribution in [0, 0.1) is 5.95 Å². The maximum Gasteiger partial charge on any atom is 0.266 e. The minimum Gasteiger partial charge on any atom is -0.369 e. The predicted octanol–water partition coefficient (Wildman–Crippen LogP) is 3.24. The minimum atomic E-state index is -1.36. The van der Waals surface area contributed by atoms with E-state index in [1.165, 1.54) is 22.9 Å². The molecule has 0 spiro atoms. The molecule has 2 aromatic rings. The molecular weight excluding hydrogens is 403 g/mol. The highest BCUT2D eigenvalue weighted by atomic mass is 32.2. The number of aromatic nitrogens is 1. The second-order valence-corrected chi connectivity index (χ2v) is 8.34. The zero-order chi connectivity index (χ0) is 21.5. The fraction of sp³-hybridized carbons (Fsp3) is 0.273. The Morgan fingerprint density at radius 2 is 2.17 bits per heavy atom. The Morgan fingerprint density at radius 1 is 1.37 bits per heavy atom. The molecule has 0 bridgehead atoms. The van der Waals surface area contributed by atoms with Crippen molar-refractivity contribution in [3.63, 3.8) is 0 Å². The molecule has 0 radical (unpaired) electrons. The van der Waals surface area contributed by atoms with Crippen molar-refractivity contribution < 1.29 is 14.0 Å². The number of thioether (sulfide) groups is 1. The van der Waals surface area contributed by atoms with Gasteiger partial charge in [0.05, 0.1) is 5.25 Å². The van der Waals surface area contributed by atoms with Crippen LogP contribution < -0.4 is 5.73 Å². The van der Waals surface area contributed by atoms with Crippen molar-refractivity contribution in [2.75, 3.05) is 7.05 Å². The molecule has 2 aliphatic rings. The summed E-state index contributed by atoms with van der Waals surface area (Å²) in [6, 6.07) is 10.3. The van der Waals surface area contributed by atoms with E-state index in [0.717, 1.165) is 5.57 Å². The number of hydrogen-bond donors (Lipinski definition) is 1. The number of ketones is 1. The molecule has 154 valence electrons. The number of pyridine rings is 1. The maximum absolute atomic E-state index is 14.3. The van der Waals surface area contributed by atoms with E-state index >= 15 is 0 Å². The van der Waals surface area contributed by atoms with Crippen LogP contribution in [0.25, 0.3) is 11.1 Å². The quantitative estimate of drug-likeness (QED) is 0.745. The molecule has 2 N–H and O–H groups in total. The van der Waals surface area contributed by atoms with Crippen LogP contribution in [-0.4, -0.2) is 39.8 Å². The summed E-state index contributed by atoms with van der Waals surface area (Å²) in [7, 11) is 1.57. The van der Waals surface area contributed by atoms with Gasteiger partial charge >= 0.3 is 0 Å².